The van der Waals surface area contributed by atoms with Gasteiger partial charge in [-0.2, -0.15) is 10.2 Å². The molecule has 0 fully saturated rings. The van der Waals surface area contributed by atoms with Crippen LogP contribution in [0.2, 0.25) is 0 Å². The third-order valence-corrected chi connectivity index (χ3v) is 3.91. The number of rotatable bonds is 5. The van der Waals surface area contributed by atoms with Crippen LogP contribution < -0.4 is 5.56 Å². The van der Waals surface area contributed by atoms with E-state index in [2.05, 4.69) is 10.2 Å². The number of nitrogens with zero attached hydrogens (tertiary/aromatic N) is 4. The van der Waals surface area contributed by atoms with Gasteiger partial charge in [-0.15, -0.1) is 0 Å². The zero-order valence-corrected chi connectivity index (χ0v) is 14.8. The first-order valence-corrected chi connectivity index (χ1v) is 8.32. The van der Waals surface area contributed by atoms with Crippen LogP contribution in [0.4, 0.5) is 4.39 Å². The SMILES string of the molecule is CCOC(=O)Cn1nc(C(C)C)c2cnn(-c3ccc(F)cc3)c2c1=O. The molecule has 0 aliphatic rings. The summed E-state index contributed by atoms with van der Waals surface area (Å²) in [6.07, 6.45) is 1.57. The van der Waals surface area contributed by atoms with Crippen molar-refractivity contribution in [3.05, 3.63) is 52.3 Å². The summed E-state index contributed by atoms with van der Waals surface area (Å²) >= 11 is 0. The van der Waals surface area contributed by atoms with E-state index in [1.807, 2.05) is 13.8 Å². The Labute approximate surface area is 149 Å². The van der Waals surface area contributed by atoms with E-state index in [9.17, 15) is 14.0 Å². The van der Waals surface area contributed by atoms with Crippen LogP contribution in [0.25, 0.3) is 16.6 Å². The van der Waals surface area contributed by atoms with Gasteiger partial charge >= 0.3 is 5.97 Å². The topological polar surface area (TPSA) is 79.0 Å². The van der Waals surface area contributed by atoms with Crippen LogP contribution in [0.15, 0.2) is 35.3 Å². The lowest BCUT2D eigenvalue weighted by atomic mass is 10.1. The van der Waals surface area contributed by atoms with E-state index in [1.165, 1.54) is 28.9 Å². The quantitative estimate of drug-likeness (QED) is 0.655. The first-order chi connectivity index (χ1) is 12.4. The van der Waals surface area contributed by atoms with E-state index in [1.54, 1.807) is 13.1 Å². The number of esters is 1. The van der Waals surface area contributed by atoms with Gasteiger partial charge in [-0.05, 0) is 37.1 Å². The van der Waals surface area contributed by atoms with Crippen LogP contribution in [-0.4, -0.2) is 32.1 Å². The minimum Gasteiger partial charge on any atom is -0.465 e. The van der Waals surface area contributed by atoms with Gasteiger partial charge in [0.1, 0.15) is 17.9 Å². The molecule has 3 aromatic rings. The zero-order valence-electron chi connectivity index (χ0n) is 14.8. The second-order valence-electron chi connectivity index (χ2n) is 6.10. The molecule has 2 aromatic heterocycles. The first-order valence-electron chi connectivity index (χ1n) is 8.32. The number of halogens is 1. The van der Waals surface area contributed by atoms with Gasteiger partial charge in [-0.1, -0.05) is 13.8 Å². The van der Waals surface area contributed by atoms with Gasteiger partial charge in [0, 0.05) is 5.39 Å². The molecule has 0 spiro atoms. The highest BCUT2D eigenvalue weighted by atomic mass is 19.1. The van der Waals surface area contributed by atoms with E-state index < -0.39 is 11.5 Å². The molecule has 0 saturated heterocycles. The third-order valence-electron chi connectivity index (χ3n) is 3.91. The Morgan fingerprint density at radius 3 is 2.58 bits per heavy atom. The van der Waals surface area contributed by atoms with Crippen molar-refractivity contribution in [1.82, 2.24) is 19.6 Å². The van der Waals surface area contributed by atoms with Crippen molar-refractivity contribution < 1.29 is 13.9 Å². The van der Waals surface area contributed by atoms with Crippen molar-refractivity contribution in [2.75, 3.05) is 6.61 Å². The second-order valence-corrected chi connectivity index (χ2v) is 6.10. The maximum absolute atomic E-state index is 13.2. The number of hydrogen-bond acceptors (Lipinski definition) is 5. The fourth-order valence-electron chi connectivity index (χ4n) is 2.73. The molecule has 3 rings (SSSR count). The average Bonchev–Trinajstić information content (AvgIpc) is 3.03. The molecule has 0 radical (unpaired) electrons. The number of benzene rings is 1. The number of carbonyl (C=O) groups excluding carboxylic acids is 1. The summed E-state index contributed by atoms with van der Waals surface area (Å²) < 4.78 is 20.7. The lowest BCUT2D eigenvalue weighted by Crippen LogP contribution is -2.30. The van der Waals surface area contributed by atoms with E-state index in [0.29, 0.717) is 22.3 Å². The highest BCUT2D eigenvalue weighted by Gasteiger charge is 2.20. The molecule has 26 heavy (non-hydrogen) atoms. The van der Waals surface area contributed by atoms with E-state index in [0.717, 1.165) is 4.68 Å². The van der Waals surface area contributed by atoms with Crippen molar-refractivity contribution in [2.24, 2.45) is 0 Å². The van der Waals surface area contributed by atoms with E-state index in [-0.39, 0.29) is 24.9 Å². The molecular weight excluding hydrogens is 339 g/mol. The van der Waals surface area contributed by atoms with Crippen LogP contribution in [0, 0.1) is 5.82 Å². The van der Waals surface area contributed by atoms with Gasteiger partial charge in [0.05, 0.1) is 24.2 Å². The van der Waals surface area contributed by atoms with Gasteiger partial charge in [-0.3, -0.25) is 9.59 Å². The number of aromatic nitrogens is 4. The summed E-state index contributed by atoms with van der Waals surface area (Å²) in [5, 5.41) is 9.22. The molecule has 0 atom stereocenters. The third kappa shape index (κ3) is 3.22. The molecule has 0 bridgehead atoms. The fourth-order valence-corrected chi connectivity index (χ4v) is 2.73. The van der Waals surface area contributed by atoms with E-state index >= 15 is 0 Å². The highest BCUT2D eigenvalue weighted by molar-refractivity contribution is 5.82. The van der Waals surface area contributed by atoms with E-state index in [4.69, 9.17) is 4.74 Å². The Bertz CT molecular complexity index is 1010. The maximum Gasteiger partial charge on any atom is 0.327 e. The number of carbonyl (C=O) groups is 1. The molecule has 0 aliphatic carbocycles. The Morgan fingerprint density at radius 2 is 1.96 bits per heavy atom. The molecule has 0 aliphatic heterocycles. The molecule has 7 nitrogen and oxygen atoms in total. The molecule has 0 unspecified atom stereocenters. The minimum absolute atomic E-state index is 0.0115. The predicted molar refractivity (Wildman–Crippen MR) is 93.8 cm³/mol. The van der Waals surface area contributed by atoms with Crippen molar-refractivity contribution in [3.8, 4) is 5.69 Å². The summed E-state index contributed by atoms with van der Waals surface area (Å²) in [5.41, 5.74) is 1.03. The molecule has 136 valence electrons. The Hall–Kier alpha value is -3.03. The Morgan fingerprint density at radius 1 is 1.27 bits per heavy atom. The lowest BCUT2D eigenvalue weighted by molar-refractivity contribution is -0.144. The minimum atomic E-state index is -0.538. The zero-order chi connectivity index (χ0) is 18.8. The smallest absolute Gasteiger partial charge is 0.327 e. The first kappa shape index (κ1) is 17.8. The maximum atomic E-state index is 13.2. The van der Waals surface area contributed by atoms with Crippen molar-refractivity contribution >= 4 is 16.9 Å². The van der Waals surface area contributed by atoms with Crippen LogP contribution in [0.3, 0.4) is 0 Å². The fraction of sp³-hybridized carbons (Fsp3) is 0.333. The van der Waals surface area contributed by atoms with Crippen LogP contribution in [0.5, 0.6) is 0 Å². The number of fused-ring (bicyclic) bond motifs is 1. The van der Waals surface area contributed by atoms with Crippen LogP contribution in [0.1, 0.15) is 32.4 Å². The van der Waals surface area contributed by atoms with Gasteiger partial charge in [0.15, 0.2) is 0 Å². The molecule has 0 amide bonds. The predicted octanol–water partition coefficient (Wildman–Crippen LogP) is 2.41. The Kier molecular flexibility index (Phi) is 4.83. The summed E-state index contributed by atoms with van der Waals surface area (Å²) in [6.45, 7) is 5.52. The molecule has 0 N–H and O–H groups in total. The molecule has 8 heteroatoms. The van der Waals surface area contributed by atoms with Gasteiger partial charge in [-0.25, -0.2) is 13.8 Å². The average molecular weight is 358 g/mol. The normalized spacial score (nSPS) is 11.3. The molecule has 2 heterocycles. The van der Waals surface area contributed by atoms with Gasteiger partial charge in [0.2, 0.25) is 0 Å². The second kappa shape index (κ2) is 7.07. The standard InChI is InChI=1S/C18H19FN4O3/c1-4-26-15(24)10-22-18(25)17-14(16(21-22)11(2)3)9-20-23(17)13-7-5-12(19)6-8-13/h5-9,11H,4,10H2,1-3H3. The van der Waals surface area contributed by atoms with Crippen LogP contribution >= 0.6 is 0 Å². The summed E-state index contributed by atoms with van der Waals surface area (Å²) in [7, 11) is 0. The summed E-state index contributed by atoms with van der Waals surface area (Å²) in [5.74, 6) is -0.907. The summed E-state index contributed by atoms with van der Waals surface area (Å²) in [4.78, 5) is 24.7. The lowest BCUT2D eigenvalue weighted by Gasteiger charge is -2.11. The molecule has 0 saturated carbocycles. The van der Waals surface area contributed by atoms with Crippen molar-refractivity contribution in [3.63, 3.8) is 0 Å². The molecule has 1 aromatic carbocycles. The highest BCUT2D eigenvalue weighted by Crippen LogP contribution is 2.23. The van der Waals surface area contributed by atoms with Gasteiger partial charge in [0.25, 0.3) is 5.56 Å². The number of ether oxygens (including phenoxy) is 1. The number of hydrogen-bond donors (Lipinski definition) is 0. The van der Waals surface area contributed by atoms with Gasteiger partial charge < -0.3 is 4.74 Å². The molecular formula is C18H19FN4O3. The van der Waals surface area contributed by atoms with Crippen molar-refractivity contribution in [1.29, 1.82) is 0 Å². The largest absolute Gasteiger partial charge is 0.465 e. The van der Waals surface area contributed by atoms with Crippen molar-refractivity contribution in [2.45, 2.75) is 33.2 Å². The monoisotopic (exact) mass is 358 g/mol. The summed E-state index contributed by atoms with van der Waals surface area (Å²) in [6, 6.07) is 5.66. The Balaban J connectivity index is 2.23. The van der Waals surface area contributed by atoms with Crippen LogP contribution in [-0.2, 0) is 16.1 Å².